The van der Waals surface area contributed by atoms with E-state index in [4.69, 9.17) is 4.52 Å². The first-order valence-corrected chi connectivity index (χ1v) is 10.2. The summed E-state index contributed by atoms with van der Waals surface area (Å²) in [5.41, 5.74) is 3.09. The summed E-state index contributed by atoms with van der Waals surface area (Å²) < 4.78 is 33.2. The molecule has 0 bridgehead atoms. The number of aryl methyl sites for hydroxylation is 2. The molecule has 2 aromatic carbocycles. The van der Waals surface area contributed by atoms with Crippen LogP contribution >= 0.6 is 0 Å². The lowest BCUT2D eigenvalue weighted by Crippen LogP contribution is -2.14. The highest BCUT2D eigenvalue weighted by molar-refractivity contribution is 7.92. The maximum absolute atomic E-state index is 12.7. The van der Waals surface area contributed by atoms with Crippen molar-refractivity contribution in [2.24, 2.45) is 0 Å². The minimum Gasteiger partial charge on any atom is -0.339 e. The van der Waals surface area contributed by atoms with Gasteiger partial charge < -0.3 is 4.52 Å². The minimum absolute atomic E-state index is 0.188. The average Bonchev–Trinajstić information content (AvgIpc) is 3.07. The van der Waals surface area contributed by atoms with Gasteiger partial charge in [0, 0.05) is 18.0 Å². The Kier molecular flexibility index (Phi) is 5.32. The molecule has 0 saturated carbocycles. The third-order valence-electron chi connectivity index (χ3n) is 4.18. The van der Waals surface area contributed by atoms with Crippen molar-refractivity contribution in [2.45, 2.75) is 44.9 Å². The standard InChI is InChI=1S/C20H23N3O3S/c1-13(2)20-21-19(22-26-20)12-16-7-9-17(10-8-16)23-27(24,25)18-11-14(3)5-6-15(18)4/h5-11,13,23H,12H2,1-4H3. The van der Waals surface area contributed by atoms with Crippen molar-refractivity contribution in [3.05, 3.63) is 70.9 Å². The summed E-state index contributed by atoms with van der Waals surface area (Å²) in [6.45, 7) is 7.64. The number of hydrogen-bond donors (Lipinski definition) is 1. The van der Waals surface area contributed by atoms with Gasteiger partial charge in [-0.15, -0.1) is 0 Å². The van der Waals surface area contributed by atoms with E-state index in [1.165, 1.54) is 0 Å². The molecule has 0 aliphatic heterocycles. The zero-order valence-corrected chi connectivity index (χ0v) is 16.7. The van der Waals surface area contributed by atoms with Crippen LogP contribution < -0.4 is 4.72 Å². The third kappa shape index (κ3) is 4.54. The van der Waals surface area contributed by atoms with Crippen molar-refractivity contribution in [3.63, 3.8) is 0 Å². The van der Waals surface area contributed by atoms with E-state index in [9.17, 15) is 8.42 Å². The SMILES string of the molecule is Cc1ccc(C)c(S(=O)(=O)Nc2ccc(Cc3noc(C(C)C)n3)cc2)c1. The summed E-state index contributed by atoms with van der Waals surface area (Å²) in [6.07, 6.45) is 0.528. The molecule has 0 atom stereocenters. The average molecular weight is 385 g/mol. The molecule has 6 nitrogen and oxygen atoms in total. The molecule has 0 unspecified atom stereocenters. The van der Waals surface area contributed by atoms with Crippen LogP contribution in [0.2, 0.25) is 0 Å². The van der Waals surface area contributed by atoms with Crippen LogP contribution in [0.1, 0.15) is 48.2 Å². The van der Waals surface area contributed by atoms with E-state index in [2.05, 4.69) is 14.9 Å². The second kappa shape index (κ2) is 7.52. The summed E-state index contributed by atoms with van der Waals surface area (Å²) in [6, 6.07) is 12.6. The third-order valence-corrected chi connectivity index (χ3v) is 5.70. The van der Waals surface area contributed by atoms with Gasteiger partial charge in [0.2, 0.25) is 5.89 Å². The van der Waals surface area contributed by atoms with Crippen LogP contribution in [-0.2, 0) is 16.4 Å². The van der Waals surface area contributed by atoms with Crippen molar-refractivity contribution in [1.29, 1.82) is 0 Å². The topological polar surface area (TPSA) is 85.1 Å². The zero-order valence-electron chi connectivity index (χ0n) is 15.9. The number of anilines is 1. The molecule has 27 heavy (non-hydrogen) atoms. The smallest absolute Gasteiger partial charge is 0.262 e. The molecule has 0 spiro atoms. The van der Waals surface area contributed by atoms with Crippen molar-refractivity contribution in [1.82, 2.24) is 10.1 Å². The molecule has 1 aromatic heterocycles. The van der Waals surface area contributed by atoms with Gasteiger partial charge in [0.1, 0.15) is 0 Å². The molecule has 7 heteroatoms. The highest BCUT2D eigenvalue weighted by Gasteiger charge is 2.17. The number of rotatable bonds is 6. The molecule has 142 valence electrons. The van der Waals surface area contributed by atoms with E-state index in [-0.39, 0.29) is 5.92 Å². The summed E-state index contributed by atoms with van der Waals surface area (Å²) in [5.74, 6) is 1.42. The molecule has 3 rings (SSSR count). The van der Waals surface area contributed by atoms with E-state index in [0.29, 0.717) is 34.3 Å². The molecule has 0 amide bonds. The van der Waals surface area contributed by atoms with Crippen LogP contribution in [0.15, 0.2) is 51.9 Å². The monoisotopic (exact) mass is 385 g/mol. The van der Waals surface area contributed by atoms with Gasteiger partial charge in [0.15, 0.2) is 5.82 Å². The summed E-state index contributed by atoms with van der Waals surface area (Å²) >= 11 is 0. The van der Waals surface area contributed by atoms with Crippen molar-refractivity contribution >= 4 is 15.7 Å². The summed E-state index contributed by atoms with van der Waals surface area (Å²) in [4.78, 5) is 4.65. The summed E-state index contributed by atoms with van der Waals surface area (Å²) in [5, 5.41) is 3.97. The molecule has 0 aliphatic rings. The number of benzene rings is 2. The predicted octanol–water partition coefficient (Wildman–Crippen LogP) is 4.20. The molecule has 0 aliphatic carbocycles. The zero-order chi connectivity index (χ0) is 19.6. The Morgan fingerprint density at radius 1 is 1.07 bits per heavy atom. The molecule has 0 saturated heterocycles. The van der Waals surface area contributed by atoms with Gasteiger partial charge in [0.05, 0.1) is 4.90 Å². The Balaban J connectivity index is 1.74. The Labute approximate surface area is 159 Å². The van der Waals surface area contributed by atoms with Crippen LogP contribution in [0.5, 0.6) is 0 Å². The number of nitrogens with one attached hydrogen (secondary N) is 1. The predicted molar refractivity (Wildman–Crippen MR) is 104 cm³/mol. The van der Waals surface area contributed by atoms with Crippen LogP contribution in [0.3, 0.4) is 0 Å². The first kappa shape index (κ1) is 19.1. The largest absolute Gasteiger partial charge is 0.339 e. The second-order valence-corrected chi connectivity index (χ2v) is 8.60. The van der Waals surface area contributed by atoms with Crippen LogP contribution in [0.25, 0.3) is 0 Å². The normalized spacial score (nSPS) is 11.7. The molecule has 0 fully saturated rings. The van der Waals surface area contributed by atoms with Crippen molar-refractivity contribution in [3.8, 4) is 0 Å². The highest BCUT2D eigenvalue weighted by Crippen LogP contribution is 2.21. The van der Waals surface area contributed by atoms with Crippen LogP contribution in [0.4, 0.5) is 5.69 Å². The summed E-state index contributed by atoms with van der Waals surface area (Å²) in [7, 11) is -3.63. The maximum Gasteiger partial charge on any atom is 0.262 e. The minimum atomic E-state index is -3.63. The quantitative estimate of drug-likeness (QED) is 0.687. The lowest BCUT2D eigenvalue weighted by molar-refractivity contribution is 0.361. The van der Waals surface area contributed by atoms with Crippen LogP contribution in [0, 0.1) is 13.8 Å². The fourth-order valence-electron chi connectivity index (χ4n) is 2.65. The van der Waals surface area contributed by atoms with Crippen LogP contribution in [-0.4, -0.2) is 18.6 Å². The van der Waals surface area contributed by atoms with Gasteiger partial charge >= 0.3 is 0 Å². The Hall–Kier alpha value is -2.67. The van der Waals surface area contributed by atoms with Gasteiger partial charge in [-0.05, 0) is 48.7 Å². The lowest BCUT2D eigenvalue weighted by atomic mass is 10.1. The van der Waals surface area contributed by atoms with Crippen molar-refractivity contribution in [2.75, 3.05) is 4.72 Å². The maximum atomic E-state index is 12.7. The number of hydrogen-bond acceptors (Lipinski definition) is 5. The van der Waals surface area contributed by atoms with Gasteiger partial charge in [-0.25, -0.2) is 8.42 Å². The molecule has 1 N–H and O–H groups in total. The molecular weight excluding hydrogens is 362 g/mol. The number of sulfonamides is 1. The first-order chi connectivity index (χ1) is 12.7. The van der Waals surface area contributed by atoms with Crippen molar-refractivity contribution < 1.29 is 12.9 Å². The van der Waals surface area contributed by atoms with E-state index in [1.807, 2.05) is 45.0 Å². The molecule has 1 heterocycles. The Bertz CT molecular complexity index is 1040. The Morgan fingerprint density at radius 2 is 1.78 bits per heavy atom. The van der Waals surface area contributed by atoms with E-state index in [0.717, 1.165) is 11.1 Å². The molecule has 0 radical (unpaired) electrons. The lowest BCUT2D eigenvalue weighted by Gasteiger charge is -2.11. The van der Waals surface area contributed by atoms with Gasteiger partial charge in [0.25, 0.3) is 10.0 Å². The first-order valence-electron chi connectivity index (χ1n) is 8.76. The molecular formula is C20H23N3O3S. The van der Waals surface area contributed by atoms with E-state index in [1.54, 1.807) is 25.1 Å². The number of nitrogens with zero attached hydrogens (tertiary/aromatic N) is 2. The molecule has 3 aromatic rings. The van der Waals surface area contributed by atoms with Gasteiger partial charge in [-0.2, -0.15) is 4.98 Å². The fraction of sp³-hybridized carbons (Fsp3) is 0.300. The number of aromatic nitrogens is 2. The Morgan fingerprint density at radius 3 is 2.41 bits per heavy atom. The van der Waals surface area contributed by atoms with E-state index >= 15 is 0 Å². The highest BCUT2D eigenvalue weighted by atomic mass is 32.2. The fourth-order valence-corrected chi connectivity index (χ4v) is 4.04. The second-order valence-electron chi connectivity index (χ2n) is 6.95. The van der Waals surface area contributed by atoms with Gasteiger partial charge in [-0.3, -0.25) is 4.72 Å². The van der Waals surface area contributed by atoms with E-state index < -0.39 is 10.0 Å². The van der Waals surface area contributed by atoms with Gasteiger partial charge in [-0.1, -0.05) is 43.3 Å².